The van der Waals surface area contributed by atoms with Gasteiger partial charge in [-0.15, -0.1) is 6.58 Å². The Hall–Kier alpha value is -2.55. The van der Waals surface area contributed by atoms with Gasteiger partial charge in [-0.2, -0.15) is 0 Å². The van der Waals surface area contributed by atoms with Crippen LogP contribution < -0.4 is 4.90 Å². The summed E-state index contributed by atoms with van der Waals surface area (Å²) in [5, 5.41) is 0. The largest absolute Gasteiger partial charge is 0.444 e. The summed E-state index contributed by atoms with van der Waals surface area (Å²) < 4.78 is 5.37. The van der Waals surface area contributed by atoms with Gasteiger partial charge in [0.05, 0.1) is 0 Å². The fraction of sp³-hybridized carbons (Fsp3) is 0.167. The van der Waals surface area contributed by atoms with Gasteiger partial charge < -0.3 is 4.74 Å². The third-order valence-corrected chi connectivity index (χ3v) is 3.08. The molecule has 108 valence electrons. The molecule has 0 atom stereocenters. The number of aryl methyl sites for hydroxylation is 1. The van der Waals surface area contributed by atoms with Gasteiger partial charge in [0, 0.05) is 12.2 Å². The van der Waals surface area contributed by atoms with Crippen molar-refractivity contribution in [2.45, 2.75) is 13.5 Å². The first-order chi connectivity index (χ1) is 10.2. The zero-order valence-electron chi connectivity index (χ0n) is 12.2. The Morgan fingerprint density at radius 3 is 2.43 bits per heavy atom. The highest BCUT2D eigenvalue weighted by atomic mass is 16.6. The van der Waals surface area contributed by atoms with E-state index in [1.165, 1.54) is 0 Å². The quantitative estimate of drug-likeness (QED) is 0.764. The smallest absolute Gasteiger partial charge is 0.414 e. The normalized spacial score (nSPS) is 9.95. The van der Waals surface area contributed by atoms with Gasteiger partial charge in [-0.3, -0.25) is 4.90 Å². The lowest BCUT2D eigenvalue weighted by molar-refractivity contribution is 0.148. The second-order valence-corrected chi connectivity index (χ2v) is 4.78. The second kappa shape index (κ2) is 7.29. The van der Waals surface area contributed by atoms with Gasteiger partial charge in [0.1, 0.15) is 6.61 Å². The predicted octanol–water partition coefficient (Wildman–Crippen LogP) is 4.32. The number of hydrogen-bond acceptors (Lipinski definition) is 2. The zero-order chi connectivity index (χ0) is 15.1. The van der Waals surface area contributed by atoms with Crippen molar-refractivity contribution < 1.29 is 9.53 Å². The number of ether oxygens (including phenoxy) is 1. The Kier molecular flexibility index (Phi) is 5.16. The SMILES string of the molecule is C=CCN(C(=O)OCc1ccccc1)c1ccc(C)cc1. The fourth-order valence-electron chi connectivity index (χ4n) is 1.94. The molecule has 0 unspecified atom stereocenters. The van der Waals surface area contributed by atoms with Crippen LogP contribution >= 0.6 is 0 Å². The molecule has 2 aromatic carbocycles. The third-order valence-electron chi connectivity index (χ3n) is 3.08. The number of nitrogens with zero attached hydrogens (tertiary/aromatic N) is 1. The molecule has 1 amide bonds. The maximum absolute atomic E-state index is 12.2. The lowest BCUT2D eigenvalue weighted by Gasteiger charge is -2.21. The van der Waals surface area contributed by atoms with Crippen LogP contribution in [0.15, 0.2) is 67.3 Å². The number of hydrogen-bond donors (Lipinski definition) is 0. The summed E-state index contributed by atoms with van der Waals surface area (Å²) >= 11 is 0. The van der Waals surface area contributed by atoms with Crippen molar-refractivity contribution in [3.05, 3.63) is 78.4 Å². The van der Waals surface area contributed by atoms with Crippen molar-refractivity contribution in [3.63, 3.8) is 0 Å². The molecule has 0 N–H and O–H groups in total. The van der Waals surface area contributed by atoms with Crippen molar-refractivity contribution in [1.82, 2.24) is 0 Å². The topological polar surface area (TPSA) is 29.5 Å². The van der Waals surface area contributed by atoms with E-state index in [1.54, 1.807) is 11.0 Å². The molecule has 0 aliphatic carbocycles. The van der Waals surface area contributed by atoms with Crippen LogP contribution in [0, 0.1) is 6.92 Å². The minimum Gasteiger partial charge on any atom is -0.444 e. The number of carbonyl (C=O) groups excluding carboxylic acids is 1. The van der Waals surface area contributed by atoms with Crippen LogP contribution in [0.4, 0.5) is 10.5 Å². The van der Waals surface area contributed by atoms with E-state index >= 15 is 0 Å². The van der Waals surface area contributed by atoms with Crippen LogP contribution in [-0.2, 0) is 11.3 Å². The van der Waals surface area contributed by atoms with E-state index in [2.05, 4.69) is 6.58 Å². The van der Waals surface area contributed by atoms with E-state index in [4.69, 9.17) is 4.74 Å². The number of anilines is 1. The van der Waals surface area contributed by atoms with Crippen LogP contribution in [0.2, 0.25) is 0 Å². The summed E-state index contributed by atoms with van der Waals surface area (Å²) in [7, 11) is 0. The summed E-state index contributed by atoms with van der Waals surface area (Å²) in [6.45, 7) is 6.38. The Balaban J connectivity index is 2.05. The lowest BCUT2D eigenvalue weighted by atomic mass is 10.2. The summed E-state index contributed by atoms with van der Waals surface area (Å²) in [6, 6.07) is 17.4. The Labute approximate surface area is 125 Å². The molecule has 0 aliphatic heterocycles. The van der Waals surface area contributed by atoms with E-state index < -0.39 is 0 Å². The van der Waals surface area contributed by atoms with Crippen LogP contribution in [-0.4, -0.2) is 12.6 Å². The molecular formula is C18H19NO2. The molecule has 2 aromatic rings. The molecule has 3 nitrogen and oxygen atoms in total. The van der Waals surface area contributed by atoms with Crippen LogP contribution in [0.5, 0.6) is 0 Å². The van der Waals surface area contributed by atoms with Crippen LogP contribution in [0.25, 0.3) is 0 Å². The van der Waals surface area contributed by atoms with Gasteiger partial charge in [0.15, 0.2) is 0 Å². The van der Waals surface area contributed by atoms with Crippen molar-refractivity contribution in [1.29, 1.82) is 0 Å². The summed E-state index contributed by atoms with van der Waals surface area (Å²) in [5.41, 5.74) is 2.92. The van der Waals surface area contributed by atoms with Crippen molar-refractivity contribution in [3.8, 4) is 0 Å². The molecule has 0 spiro atoms. The van der Waals surface area contributed by atoms with Gasteiger partial charge in [-0.05, 0) is 24.6 Å². The molecular weight excluding hydrogens is 262 g/mol. The summed E-state index contributed by atoms with van der Waals surface area (Å²) in [5.74, 6) is 0. The highest BCUT2D eigenvalue weighted by Crippen LogP contribution is 2.16. The van der Waals surface area contributed by atoms with E-state index in [0.29, 0.717) is 6.54 Å². The summed E-state index contributed by atoms with van der Waals surface area (Å²) in [4.78, 5) is 13.8. The average Bonchev–Trinajstić information content (AvgIpc) is 2.52. The molecule has 3 heteroatoms. The average molecular weight is 281 g/mol. The number of carbonyl (C=O) groups is 1. The minimum atomic E-state index is -0.373. The molecule has 2 rings (SSSR count). The molecule has 0 aromatic heterocycles. The molecule has 0 heterocycles. The standard InChI is InChI=1S/C18H19NO2/c1-3-13-19(17-11-9-15(2)10-12-17)18(20)21-14-16-7-5-4-6-8-16/h3-12H,1,13-14H2,2H3. The Morgan fingerprint density at radius 2 is 1.81 bits per heavy atom. The lowest BCUT2D eigenvalue weighted by Crippen LogP contribution is -2.31. The first-order valence-electron chi connectivity index (χ1n) is 6.86. The maximum atomic E-state index is 12.2. The van der Waals surface area contributed by atoms with E-state index in [9.17, 15) is 4.79 Å². The number of benzene rings is 2. The molecule has 0 fully saturated rings. The predicted molar refractivity (Wildman–Crippen MR) is 85.3 cm³/mol. The highest BCUT2D eigenvalue weighted by molar-refractivity contribution is 5.87. The molecule has 0 saturated heterocycles. The van der Waals surface area contributed by atoms with Crippen LogP contribution in [0.1, 0.15) is 11.1 Å². The monoisotopic (exact) mass is 281 g/mol. The Bertz CT molecular complexity index is 590. The third kappa shape index (κ3) is 4.21. The van der Waals surface area contributed by atoms with Gasteiger partial charge >= 0.3 is 6.09 Å². The van der Waals surface area contributed by atoms with Crippen molar-refractivity contribution in [2.75, 3.05) is 11.4 Å². The van der Waals surface area contributed by atoms with Crippen molar-refractivity contribution in [2.24, 2.45) is 0 Å². The molecule has 21 heavy (non-hydrogen) atoms. The molecule has 0 radical (unpaired) electrons. The van der Waals surface area contributed by atoms with Crippen molar-refractivity contribution >= 4 is 11.8 Å². The fourth-order valence-corrected chi connectivity index (χ4v) is 1.94. The number of rotatable bonds is 5. The Morgan fingerprint density at radius 1 is 1.14 bits per heavy atom. The molecule has 0 bridgehead atoms. The van der Waals surface area contributed by atoms with Gasteiger partial charge in [0.2, 0.25) is 0 Å². The first kappa shape index (κ1) is 14.9. The van der Waals surface area contributed by atoms with E-state index in [0.717, 1.165) is 16.8 Å². The van der Waals surface area contributed by atoms with E-state index in [1.807, 2.05) is 61.5 Å². The highest BCUT2D eigenvalue weighted by Gasteiger charge is 2.15. The maximum Gasteiger partial charge on any atom is 0.414 e. The summed E-state index contributed by atoms with van der Waals surface area (Å²) in [6.07, 6.45) is 1.31. The van der Waals surface area contributed by atoms with Gasteiger partial charge in [-0.25, -0.2) is 4.79 Å². The van der Waals surface area contributed by atoms with E-state index in [-0.39, 0.29) is 12.7 Å². The minimum absolute atomic E-state index is 0.263. The molecule has 0 saturated carbocycles. The van der Waals surface area contributed by atoms with Gasteiger partial charge in [-0.1, -0.05) is 54.1 Å². The van der Waals surface area contributed by atoms with Gasteiger partial charge in [0.25, 0.3) is 0 Å². The van der Waals surface area contributed by atoms with Crippen LogP contribution in [0.3, 0.4) is 0 Å². The number of amides is 1. The zero-order valence-corrected chi connectivity index (χ0v) is 12.2. The second-order valence-electron chi connectivity index (χ2n) is 4.78. The molecule has 0 aliphatic rings. The first-order valence-corrected chi connectivity index (χ1v) is 6.86.